The van der Waals surface area contributed by atoms with Gasteiger partial charge in [0.1, 0.15) is 0 Å². The molecule has 0 aliphatic rings. The van der Waals surface area contributed by atoms with E-state index in [-0.39, 0.29) is 0 Å². The van der Waals surface area contributed by atoms with E-state index < -0.39 is 0 Å². The van der Waals surface area contributed by atoms with E-state index in [9.17, 15) is 0 Å². The molecule has 0 radical (unpaired) electrons. The minimum absolute atomic E-state index is 0.754. The Labute approximate surface area is 68.7 Å². The fourth-order valence-electron chi connectivity index (χ4n) is 0.769. The Hall–Kier alpha value is -0.760. The number of nitrogen functional groups attached to an aromatic ring is 1. The molecule has 52 valence electrons. The molecule has 2 heteroatoms. The molecule has 0 unspecified atom stereocenters. The predicted octanol–water partition coefficient (Wildman–Crippen LogP) is 2.67. The Morgan fingerprint density at radius 3 is 2.60 bits per heavy atom. The third-order valence-electron chi connectivity index (χ3n) is 1.29. The van der Waals surface area contributed by atoms with Crippen molar-refractivity contribution in [3.05, 3.63) is 34.8 Å². The van der Waals surface area contributed by atoms with Crippen LogP contribution in [0, 0.1) is 0 Å². The zero-order chi connectivity index (χ0) is 7.56. The Morgan fingerprint density at radius 1 is 1.50 bits per heavy atom. The summed E-state index contributed by atoms with van der Waals surface area (Å²) in [4.78, 5) is 0. The van der Waals surface area contributed by atoms with E-state index >= 15 is 0 Å². The fraction of sp³-hybridized carbons (Fsp3) is 0. The number of halogens is 1. The van der Waals surface area contributed by atoms with Crippen LogP contribution < -0.4 is 5.73 Å². The summed E-state index contributed by atoms with van der Waals surface area (Å²) in [6.07, 6.45) is 1.74. The van der Waals surface area contributed by atoms with Gasteiger partial charge in [-0.1, -0.05) is 34.7 Å². The molecule has 0 aliphatic heterocycles. The van der Waals surface area contributed by atoms with Crippen LogP contribution in [0.4, 0.5) is 5.69 Å². The van der Waals surface area contributed by atoms with Crippen molar-refractivity contribution < 1.29 is 0 Å². The van der Waals surface area contributed by atoms with Crippen molar-refractivity contribution in [3.63, 3.8) is 0 Å². The fourth-order valence-corrected chi connectivity index (χ4v) is 1.31. The maximum Gasteiger partial charge on any atom is 0.0398 e. The molecular weight excluding hydrogens is 190 g/mol. The quantitative estimate of drug-likeness (QED) is 0.689. The topological polar surface area (TPSA) is 26.0 Å². The van der Waals surface area contributed by atoms with E-state index in [1.54, 1.807) is 6.08 Å². The first-order chi connectivity index (χ1) is 4.75. The van der Waals surface area contributed by atoms with Crippen LogP contribution in [0.25, 0.3) is 6.08 Å². The SMILES string of the molecule is C=Cc1c(N)cccc1Br. The summed E-state index contributed by atoms with van der Waals surface area (Å²) in [6.45, 7) is 3.64. The molecule has 0 bridgehead atoms. The largest absolute Gasteiger partial charge is 0.398 e. The van der Waals surface area contributed by atoms with Crippen LogP contribution in [-0.2, 0) is 0 Å². The third-order valence-corrected chi connectivity index (χ3v) is 1.98. The van der Waals surface area contributed by atoms with Crippen molar-refractivity contribution in [1.29, 1.82) is 0 Å². The molecule has 0 aromatic heterocycles. The van der Waals surface area contributed by atoms with Gasteiger partial charge in [-0.05, 0) is 12.1 Å². The third kappa shape index (κ3) is 1.21. The molecule has 0 aliphatic carbocycles. The van der Waals surface area contributed by atoms with Crippen molar-refractivity contribution in [2.75, 3.05) is 5.73 Å². The number of benzene rings is 1. The second kappa shape index (κ2) is 2.88. The zero-order valence-electron chi connectivity index (χ0n) is 5.47. The highest BCUT2D eigenvalue weighted by Crippen LogP contribution is 2.22. The molecule has 0 spiro atoms. The van der Waals surface area contributed by atoms with Crippen LogP contribution in [-0.4, -0.2) is 0 Å². The van der Waals surface area contributed by atoms with Crippen LogP contribution in [0.5, 0.6) is 0 Å². The lowest BCUT2D eigenvalue weighted by molar-refractivity contribution is 1.59. The molecule has 1 aromatic rings. The summed E-state index contributed by atoms with van der Waals surface area (Å²) in [6, 6.07) is 5.68. The summed E-state index contributed by atoms with van der Waals surface area (Å²) >= 11 is 3.36. The van der Waals surface area contributed by atoms with Gasteiger partial charge in [-0.25, -0.2) is 0 Å². The molecule has 1 nitrogen and oxygen atoms in total. The van der Waals surface area contributed by atoms with Crippen LogP contribution in [0.2, 0.25) is 0 Å². The summed E-state index contributed by atoms with van der Waals surface area (Å²) < 4.78 is 0.988. The lowest BCUT2D eigenvalue weighted by Gasteiger charge is -2.00. The Kier molecular flexibility index (Phi) is 2.12. The van der Waals surface area contributed by atoms with Gasteiger partial charge in [0, 0.05) is 15.7 Å². The molecule has 1 rings (SSSR count). The minimum Gasteiger partial charge on any atom is -0.398 e. The average Bonchev–Trinajstić information content (AvgIpc) is 1.88. The number of rotatable bonds is 1. The molecule has 0 amide bonds. The van der Waals surface area contributed by atoms with E-state index in [1.165, 1.54) is 0 Å². The molecule has 0 saturated heterocycles. The van der Waals surface area contributed by atoms with Gasteiger partial charge < -0.3 is 5.73 Å². The highest BCUT2D eigenvalue weighted by atomic mass is 79.9. The van der Waals surface area contributed by atoms with Gasteiger partial charge in [-0.15, -0.1) is 0 Å². The normalized spacial score (nSPS) is 9.30. The highest BCUT2D eigenvalue weighted by Gasteiger charge is 1.96. The smallest absolute Gasteiger partial charge is 0.0398 e. The maximum atomic E-state index is 5.63. The standard InChI is InChI=1S/C8H8BrN/c1-2-6-7(9)4-3-5-8(6)10/h2-5H,1,10H2. The molecule has 2 N–H and O–H groups in total. The van der Waals surface area contributed by atoms with E-state index in [4.69, 9.17) is 5.73 Å². The first kappa shape index (κ1) is 7.35. The lowest BCUT2D eigenvalue weighted by Crippen LogP contribution is -1.88. The lowest BCUT2D eigenvalue weighted by atomic mass is 10.2. The Morgan fingerprint density at radius 2 is 2.20 bits per heavy atom. The van der Waals surface area contributed by atoms with Crippen molar-refractivity contribution in [1.82, 2.24) is 0 Å². The van der Waals surface area contributed by atoms with Gasteiger partial charge in [0.2, 0.25) is 0 Å². The second-order valence-electron chi connectivity index (χ2n) is 1.95. The number of nitrogens with two attached hydrogens (primary N) is 1. The molecule has 0 fully saturated rings. The monoisotopic (exact) mass is 197 g/mol. The van der Waals surface area contributed by atoms with Crippen LogP contribution in [0.15, 0.2) is 29.3 Å². The van der Waals surface area contributed by atoms with Crippen molar-refractivity contribution >= 4 is 27.7 Å². The highest BCUT2D eigenvalue weighted by molar-refractivity contribution is 9.10. The van der Waals surface area contributed by atoms with Gasteiger partial charge in [0.15, 0.2) is 0 Å². The van der Waals surface area contributed by atoms with Gasteiger partial charge in [-0.3, -0.25) is 0 Å². The second-order valence-corrected chi connectivity index (χ2v) is 2.80. The zero-order valence-corrected chi connectivity index (χ0v) is 7.06. The number of hydrogen-bond acceptors (Lipinski definition) is 1. The Bertz CT molecular complexity index is 235. The molecule has 10 heavy (non-hydrogen) atoms. The summed E-state index contributed by atoms with van der Waals surface area (Å²) in [5.74, 6) is 0. The molecule has 0 atom stereocenters. The van der Waals surface area contributed by atoms with Gasteiger partial charge in [-0.2, -0.15) is 0 Å². The minimum atomic E-state index is 0.754. The van der Waals surface area contributed by atoms with Gasteiger partial charge >= 0.3 is 0 Å². The molecule has 0 saturated carbocycles. The molecular formula is C8H8BrN. The summed E-state index contributed by atoms with van der Waals surface area (Å²) in [7, 11) is 0. The summed E-state index contributed by atoms with van der Waals surface area (Å²) in [5.41, 5.74) is 7.35. The van der Waals surface area contributed by atoms with E-state index in [1.807, 2.05) is 18.2 Å². The van der Waals surface area contributed by atoms with E-state index in [0.717, 1.165) is 15.7 Å². The first-order valence-corrected chi connectivity index (χ1v) is 3.71. The number of anilines is 1. The van der Waals surface area contributed by atoms with Crippen LogP contribution in [0.3, 0.4) is 0 Å². The Balaban J connectivity index is 3.30. The average molecular weight is 198 g/mol. The number of hydrogen-bond donors (Lipinski definition) is 1. The van der Waals surface area contributed by atoms with Gasteiger partial charge in [0.05, 0.1) is 0 Å². The van der Waals surface area contributed by atoms with E-state index in [2.05, 4.69) is 22.5 Å². The van der Waals surface area contributed by atoms with Crippen LogP contribution >= 0.6 is 15.9 Å². The van der Waals surface area contributed by atoms with Crippen molar-refractivity contribution in [3.8, 4) is 0 Å². The predicted molar refractivity (Wildman–Crippen MR) is 48.6 cm³/mol. The van der Waals surface area contributed by atoms with Crippen LogP contribution in [0.1, 0.15) is 5.56 Å². The molecule has 1 aromatic carbocycles. The maximum absolute atomic E-state index is 5.63. The summed E-state index contributed by atoms with van der Waals surface area (Å²) in [5, 5.41) is 0. The van der Waals surface area contributed by atoms with Crippen molar-refractivity contribution in [2.45, 2.75) is 0 Å². The van der Waals surface area contributed by atoms with Crippen molar-refractivity contribution in [2.24, 2.45) is 0 Å². The van der Waals surface area contributed by atoms with Gasteiger partial charge in [0.25, 0.3) is 0 Å². The first-order valence-electron chi connectivity index (χ1n) is 2.92. The molecule has 0 heterocycles. The van der Waals surface area contributed by atoms with E-state index in [0.29, 0.717) is 0 Å².